The van der Waals surface area contributed by atoms with E-state index in [-0.39, 0.29) is 11.8 Å². The lowest BCUT2D eigenvalue weighted by Crippen LogP contribution is -1.97. The van der Waals surface area contributed by atoms with Gasteiger partial charge in [0.05, 0.1) is 11.2 Å². The van der Waals surface area contributed by atoms with E-state index in [1.54, 1.807) is 6.20 Å². The molecule has 0 atom stereocenters. The number of nitrogens with zero attached hydrogens (tertiary/aromatic N) is 3. The Morgan fingerprint density at radius 1 is 0.964 bits per heavy atom. The van der Waals surface area contributed by atoms with Crippen LogP contribution in [0, 0.1) is 5.82 Å². The number of anilines is 2. The fraction of sp³-hybridized carbons (Fsp3) is 0.190. The number of nitrogens with two attached hydrogens (primary N) is 2. The number of aryl methyl sites for hydroxylation is 2. The van der Waals surface area contributed by atoms with Gasteiger partial charge < -0.3 is 11.5 Å². The first-order valence-electron chi connectivity index (χ1n) is 9.20. The second kappa shape index (κ2) is 7.64. The highest BCUT2D eigenvalue weighted by molar-refractivity contribution is 5.94. The van der Waals surface area contributed by atoms with Gasteiger partial charge in [-0.15, -0.1) is 0 Å². The van der Waals surface area contributed by atoms with Gasteiger partial charge in [-0.3, -0.25) is 5.10 Å². The molecule has 4 rings (SSSR count). The molecule has 0 aliphatic carbocycles. The molecule has 0 unspecified atom stereocenters. The van der Waals surface area contributed by atoms with Crippen LogP contribution < -0.4 is 11.5 Å². The van der Waals surface area contributed by atoms with Crippen LogP contribution in [0.4, 0.5) is 16.2 Å². The third kappa shape index (κ3) is 3.78. The van der Waals surface area contributed by atoms with E-state index in [0.29, 0.717) is 5.82 Å². The Morgan fingerprint density at radius 2 is 1.75 bits per heavy atom. The summed E-state index contributed by atoms with van der Waals surface area (Å²) in [6.07, 6.45) is 5.38. The van der Waals surface area contributed by atoms with Crippen molar-refractivity contribution < 1.29 is 4.39 Å². The minimum absolute atomic E-state index is 0.205. The maximum absolute atomic E-state index is 13.0. The van der Waals surface area contributed by atoms with Crippen molar-refractivity contribution in [1.82, 2.24) is 20.2 Å². The minimum Gasteiger partial charge on any atom is -0.382 e. The van der Waals surface area contributed by atoms with Crippen molar-refractivity contribution in [3.63, 3.8) is 0 Å². The van der Waals surface area contributed by atoms with Gasteiger partial charge in [-0.25, -0.2) is 14.4 Å². The highest BCUT2D eigenvalue weighted by Gasteiger charge is 2.12. The van der Waals surface area contributed by atoms with Crippen molar-refractivity contribution >= 4 is 22.7 Å². The second-order valence-electron chi connectivity index (χ2n) is 6.80. The van der Waals surface area contributed by atoms with Crippen LogP contribution in [0.2, 0.25) is 0 Å². The summed E-state index contributed by atoms with van der Waals surface area (Å²) in [5, 5.41) is 8.09. The van der Waals surface area contributed by atoms with Gasteiger partial charge >= 0.3 is 0 Å². The van der Waals surface area contributed by atoms with Gasteiger partial charge in [-0.2, -0.15) is 5.10 Å². The van der Waals surface area contributed by atoms with E-state index in [9.17, 15) is 4.39 Å². The molecule has 4 aromatic rings. The normalized spacial score (nSPS) is 11.2. The summed E-state index contributed by atoms with van der Waals surface area (Å²) in [7, 11) is 0. The van der Waals surface area contributed by atoms with Crippen molar-refractivity contribution in [2.45, 2.75) is 25.7 Å². The van der Waals surface area contributed by atoms with E-state index in [2.05, 4.69) is 26.2 Å². The zero-order valence-electron chi connectivity index (χ0n) is 15.3. The molecule has 0 spiro atoms. The molecule has 2 aromatic heterocycles. The Morgan fingerprint density at radius 3 is 2.54 bits per heavy atom. The highest BCUT2D eigenvalue weighted by Crippen LogP contribution is 2.30. The van der Waals surface area contributed by atoms with Gasteiger partial charge in [-0.05, 0) is 67.1 Å². The predicted molar refractivity (Wildman–Crippen MR) is 109 cm³/mol. The number of nitrogens with one attached hydrogen (secondary N) is 1. The molecule has 0 radical (unpaired) electrons. The van der Waals surface area contributed by atoms with Gasteiger partial charge in [0.2, 0.25) is 5.95 Å². The maximum atomic E-state index is 13.0. The molecule has 6 nitrogen and oxygen atoms in total. The van der Waals surface area contributed by atoms with Crippen molar-refractivity contribution in [1.29, 1.82) is 0 Å². The number of fused-ring (bicyclic) bond motifs is 1. The highest BCUT2D eigenvalue weighted by atomic mass is 19.1. The molecular weight excluding hydrogens is 355 g/mol. The Hall–Kier alpha value is -3.48. The van der Waals surface area contributed by atoms with E-state index >= 15 is 0 Å². The molecule has 28 heavy (non-hydrogen) atoms. The molecule has 7 heteroatoms. The molecule has 2 heterocycles. The van der Waals surface area contributed by atoms with Crippen molar-refractivity contribution in [2.24, 2.45) is 0 Å². The molecule has 0 amide bonds. The second-order valence-corrected chi connectivity index (χ2v) is 6.80. The van der Waals surface area contributed by atoms with Crippen LogP contribution in [-0.4, -0.2) is 20.2 Å². The fourth-order valence-corrected chi connectivity index (χ4v) is 3.44. The Balaban J connectivity index is 1.55. The predicted octanol–water partition coefficient (Wildman–Crippen LogP) is 3.89. The number of rotatable bonds is 6. The molecule has 0 aliphatic heterocycles. The standard InChI is InChI=1S/C21H21FN6/c22-16-7-5-13(6-8-16)3-1-2-4-14-11-15(17-9-10-25-21(24)26-17)12-18-19(14)20(23)28-27-18/h5-12H,1-4H2,(H3,23,27,28)(H2,24,25,26). The Bertz CT molecular complexity index is 1100. The number of halogens is 1. The van der Waals surface area contributed by atoms with Crippen LogP contribution in [0.1, 0.15) is 24.0 Å². The lowest BCUT2D eigenvalue weighted by Gasteiger charge is -2.09. The Labute approximate surface area is 161 Å². The van der Waals surface area contributed by atoms with Crippen LogP contribution in [-0.2, 0) is 12.8 Å². The number of unbranched alkanes of at least 4 members (excludes halogenated alkanes) is 1. The maximum Gasteiger partial charge on any atom is 0.220 e. The Kier molecular flexibility index (Phi) is 4.89. The van der Waals surface area contributed by atoms with E-state index in [4.69, 9.17) is 11.5 Å². The zero-order chi connectivity index (χ0) is 19.5. The molecule has 0 saturated heterocycles. The molecule has 0 saturated carbocycles. The quantitative estimate of drug-likeness (QED) is 0.443. The molecule has 142 valence electrons. The van der Waals surface area contributed by atoms with Crippen molar-refractivity contribution in [3.05, 3.63) is 65.6 Å². The fourth-order valence-electron chi connectivity index (χ4n) is 3.44. The molecule has 5 N–H and O–H groups in total. The summed E-state index contributed by atoms with van der Waals surface area (Å²) >= 11 is 0. The van der Waals surface area contributed by atoms with Gasteiger partial charge in [-0.1, -0.05) is 12.1 Å². The van der Waals surface area contributed by atoms with Gasteiger partial charge in [0, 0.05) is 17.1 Å². The van der Waals surface area contributed by atoms with E-state index in [1.807, 2.05) is 24.3 Å². The number of benzene rings is 2. The van der Waals surface area contributed by atoms with Crippen molar-refractivity contribution in [3.8, 4) is 11.3 Å². The summed E-state index contributed by atoms with van der Waals surface area (Å²) in [5.41, 5.74) is 16.6. The minimum atomic E-state index is -0.205. The van der Waals surface area contributed by atoms with E-state index in [1.165, 1.54) is 12.1 Å². The van der Waals surface area contributed by atoms with Gasteiger partial charge in [0.25, 0.3) is 0 Å². The van der Waals surface area contributed by atoms with Crippen LogP contribution in [0.25, 0.3) is 22.2 Å². The van der Waals surface area contributed by atoms with Crippen LogP contribution in [0.15, 0.2) is 48.7 Å². The van der Waals surface area contributed by atoms with E-state index < -0.39 is 0 Å². The molecule has 0 fully saturated rings. The number of hydrogen-bond donors (Lipinski definition) is 3. The van der Waals surface area contributed by atoms with Gasteiger partial charge in [0.15, 0.2) is 5.82 Å². The molecule has 2 aromatic carbocycles. The number of H-pyrrole nitrogens is 1. The average Bonchev–Trinajstić information content (AvgIpc) is 3.07. The summed E-state index contributed by atoms with van der Waals surface area (Å²) < 4.78 is 13.0. The third-order valence-corrected chi connectivity index (χ3v) is 4.82. The van der Waals surface area contributed by atoms with Gasteiger partial charge in [0.1, 0.15) is 5.82 Å². The largest absolute Gasteiger partial charge is 0.382 e. The van der Waals surface area contributed by atoms with Crippen LogP contribution in [0.3, 0.4) is 0 Å². The summed E-state index contributed by atoms with van der Waals surface area (Å²) in [6.45, 7) is 0. The lowest BCUT2D eigenvalue weighted by molar-refractivity contribution is 0.626. The molecular formula is C21H21FN6. The SMILES string of the molecule is Nc1nccc(-c2cc(CCCCc3ccc(F)cc3)c3c(N)n[nH]c3c2)n1. The van der Waals surface area contributed by atoms with E-state index in [0.717, 1.165) is 59.0 Å². The monoisotopic (exact) mass is 376 g/mol. The van der Waals surface area contributed by atoms with Crippen LogP contribution in [0.5, 0.6) is 0 Å². The summed E-state index contributed by atoms with van der Waals surface area (Å²) in [6, 6.07) is 12.6. The first-order chi connectivity index (χ1) is 13.6. The third-order valence-electron chi connectivity index (χ3n) is 4.82. The topological polar surface area (TPSA) is 106 Å². The smallest absolute Gasteiger partial charge is 0.220 e. The van der Waals surface area contributed by atoms with Crippen LogP contribution >= 0.6 is 0 Å². The number of aromatic amines is 1. The van der Waals surface area contributed by atoms with Crippen molar-refractivity contribution in [2.75, 3.05) is 11.5 Å². The lowest BCUT2D eigenvalue weighted by atomic mass is 9.98. The number of aromatic nitrogens is 4. The first-order valence-corrected chi connectivity index (χ1v) is 9.20. The zero-order valence-corrected chi connectivity index (χ0v) is 15.3. The average molecular weight is 376 g/mol. The number of hydrogen-bond acceptors (Lipinski definition) is 5. The number of nitrogen functional groups attached to an aromatic ring is 2. The summed E-state index contributed by atoms with van der Waals surface area (Å²) in [5.74, 6) is 0.531. The molecule has 0 aliphatic rings. The summed E-state index contributed by atoms with van der Waals surface area (Å²) in [4.78, 5) is 8.26. The molecule has 0 bridgehead atoms. The first kappa shape index (κ1) is 17.9.